The topological polar surface area (TPSA) is 60.2 Å². The van der Waals surface area contributed by atoms with E-state index in [1.54, 1.807) is 0 Å². The van der Waals surface area contributed by atoms with Crippen molar-refractivity contribution in [2.75, 3.05) is 19.7 Å². The van der Waals surface area contributed by atoms with E-state index in [0.29, 0.717) is 5.92 Å². The third-order valence-corrected chi connectivity index (χ3v) is 3.86. The summed E-state index contributed by atoms with van der Waals surface area (Å²) in [6, 6.07) is 0. The highest BCUT2D eigenvalue weighted by atomic mass is 16.5. The predicted molar refractivity (Wildman–Crippen MR) is 61.9 cm³/mol. The Morgan fingerprint density at radius 3 is 2.76 bits per heavy atom. The van der Waals surface area contributed by atoms with Crippen molar-refractivity contribution in [2.24, 2.45) is 0 Å². The van der Waals surface area contributed by atoms with Crippen molar-refractivity contribution in [3.8, 4) is 0 Å². The van der Waals surface area contributed by atoms with Gasteiger partial charge in [0, 0.05) is 12.5 Å². The van der Waals surface area contributed by atoms with Gasteiger partial charge in [0.2, 0.25) is 5.89 Å². The molecule has 1 aromatic heterocycles. The second-order valence-corrected chi connectivity index (χ2v) is 4.99. The van der Waals surface area contributed by atoms with E-state index in [1.165, 1.54) is 0 Å². The average molecular weight is 237 g/mol. The van der Waals surface area contributed by atoms with Crippen molar-refractivity contribution in [1.82, 2.24) is 15.5 Å². The maximum absolute atomic E-state index is 5.54. The van der Waals surface area contributed by atoms with Crippen LogP contribution >= 0.6 is 0 Å². The molecule has 2 saturated heterocycles. The van der Waals surface area contributed by atoms with Gasteiger partial charge in [0.15, 0.2) is 5.82 Å². The molecule has 0 aliphatic carbocycles. The lowest BCUT2D eigenvalue weighted by atomic mass is 9.97. The zero-order chi connectivity index (χ0) is 11.7. The van der Waals surface area contributed by atoms with Crippen LogP contribution in [0.5, 0.6) is 0 Å². The molecule has 0 aromatic carbocycles. The number of ether oxygens (including phenoxy) is 1. The second-order valence-electron chi connectivity index (χ2n) is 4.99. The zero-order valence-corrected chi connectivity index (χ0v) is 10.2. The Morgan fingerprint density at radius 2 is 2.06 bits per heavy atom. The summed E-state index contributed by atoms with van der Waals surface area (Å²) in [7, 11) is 0. The summed E-state index contributed by atoms with van der Waals surface area (Å²) < 4.78 is 10.9. The lowest BCUT2D eigenvalue weighted by Gasteiger charge is -2.19. The van der Waals surface area contributed by atoms with E-state index in [-0.39, 0.29) is 12.0 Å². The van der Waals surface area contributed by atoms with Gasteiger partial charge in [0.05, 0.1) is 12.0 Å². The molecule has 0 spiro atoms. The zero-order valence-electron chi connectivity index (χ0n) is 10.2. The summed E-state index contributed by atoms with van der Waals surface area (Å²) in [5.74, 6) is 2.41. The van der Waals surface area contributed by atoms with E-state index in [1.807, 2.05) is 0 Å². The Morgan fingerprint density at radius 1 is 1.24 bits per heavy atom. The first-order valence-corrected chi connectivity index (χ1v) is 6.50. The van der Waals surface area contributed by atoms with E-state index in [9.17, 15) is 0 Å². The van der Waals surface area contributed by atoms with Gasteiger partial charge in [-0.15, -0.1) is 0 Å². The molecular weight excluding hydrogens is 218 g/mol. The molecular formula is C12H19N3O2. The summed E-state index contributed by atoms with van der Waals surface area (Å²) in [6.07, 6.45) is 3.41. The van der Waals surface area contributed by atoms with E-state index in [4.69, 9.17) is 9.26 Å². The maximum atomic E-state index is 5.54. The second kappa shape index (κ2) is 4.74. The summed E-state index contributed by atoms with van der Waals surface area (Å²) in [6.45, 7) is 4.98. The molecule has 3 heterocycles. The SMILES string of the molecule is CC1OCCC1c1nc(C2CCNCC2)no1. The minimum absolute atomic E-state index is 0.205. The standard InChI is InChI=1S/C12H19N3O2/c1-8-10(4-7-16-8)12-14-11(15-17-12)9-2-5-13-6-3-9/h8-10,13H,2-7H2,1H3. The Hall–Kier alpha value is -0.940. The average Bonchev–Trinajstić information content (AvgIpc) is 2.98. The minimum Gasteiger partial charge on any atom is -0.378 e. The van der Waals surface area contributed by atoms with Gasteiger partial charge in [0.1, 0.15) is 0 Å². The number of rotatable bonds is 2. The van der Waals surface area contributed by atoms with Crippen molar-refractivity contribution < 1.29 is 9.26 Å². The Labute approximate surface area is 101 Å². The largest absolute Gasteiger partial charge is 0.378 e. The van der Waals surface area contributed by atoms with E-state index >= 15 is 0 Å². The fourth-order valence-corrected chi connectivity index (χ4v) is 2.70. The summed E-state index contributed by atoms with van der Waals surface area (Å²) >= 11 is 0. The van der Waals surface area contributed by atoms with Crippen LogP contribution in [0.15, 0.2) is 4.52 Å². The molecule has 5 nitrogen and oxygen atoms in total. The first-order valence-electron chi connectivity index (χ1n) is 6.50. The lowest BCUT2D eigenvalue weighted by Crippen LogP contribution is -2.27. The maximum Gasteiger partial charge on any atom is 0.232 e. The van der Waals surface area contributed by atoms with Crippen LogP contribution < -0.4 is 5.32 Å². The molecule has 0 radical (unpaired) electrons. The quantitative estimate of drug-likeness (QED) is 0.843. The monoisotopic (exact) mass is 237 g/mol. The number of aromatic nitrogens is 2. The fourth-order valence-electron chi connectivity index (χ4n) is 2.70. The third-order valence-electron chi connectivity index (χ3n) is 3.86. The van der Waals surface area contributed by atoms with E-state index in [0.717, 1.165) is 50.7 Å². The Kier molecular flexibility index (Phi) is 3.11. The van der Waals surface area contributed by atoms with Gasteiger partial charge in [-0.1, -0.05) is 5.16 Å². The van der Waals surface area contributed by atoms with E-state index < -0.39 is 0 Å². The smallest absolute Gasteiger partial charge is 0.232 e. The highest BCUT2D eigenvalue weighted by Gasteiger charge is 2.31. The molecule has 5 heteroatoms. The predicted octanol–water partition coefficient (Wildman–Crippen LogP) is 1.43. The molecule has 3 rings (SSSR count). The molecule has 2 aliphatic heterocycles. The van der Waals surface area contributed by atoms with Gasteiger partial charge in [0.25, 0.3) is 0 Å². The highest BCUT2D eigenvalue weighted by Crippen LogP contribution is 2.31. The minimum atomic E-state index is 0.205. The van der Waals surface area contributed by atoms with E-state index in [2.05, 4.69) is 22.4 Å². The van der Waals surface area contributed by atoms with Gasteiger partial charge in [-0.25, -0.2) is 0 Å². The van der Waals surface area contributed by atoms with Gasteiger partial charge in [-0.2, -0.15) is 4.98 Å². The fraction of sp³-hybridized carbons (Fsp3) is 0.833. The molecule has 2 unspecified atom stereocenters. The van der Waals surface area contributed by atoms with Gasteiger partial charge >= 0.3 is 0 Å². The molecule has 2 fully saturated rings. The molecule has 0 bridgehead atoms. The third kappa shape index (κ3) is 2.21. The van der Waals surface area contributed by atoms with Crippen molar-refractivity contribution >= 4 is 0 Å². The molecule has 17 heavy (non-hydrogen) atoms. The highest BCUT2D eigenvalue weighted by molar-refractivity contribution is 5.03. The van der Waals surface area contributed by atoms with Crippen molar-refractivity contribution in [3.05, 3.63) is 11.7 Å². The molecule has 1 N–H and O–H groups in total. The summed E-state index contributed by atoms with van der Waals surface area (Å²) in [4.78, 5) is 4.58. The number of hydrogen-bond donors (Lipinski definition) is 1. The number of nitrogens with one attached hydrogen (secondary N) is 1. The number of piperidine rings is 1. The molecule has 0 saturated carbocycles. The first-order chi connectivity index (χ1) is 8.34. The number of hydrogen-bond acceptors (Lipinski definition) is 5. The van der Waals surface area contributed by atoms with Crippen LogP contribution in [0.25, 0.3) is 0 Å². The molecule has 0 amide bonds. The van der Waals surface area contributed by atoms with Crippen molar-refractivity contribution in [3.63, 3.8) is 0 Å². The normalized spacial score (nSPS) is 30.9. The van der Waals surface area contributed by atoms with Crippen LogP contribution in [0, 0.1) is 0 Å². The van der Waals surface area contributed by atoms with Gasteiger partial charge < -0.3 is 14.6 Å². The van der Waals surface area contributed by atoms with Crippen LogP contribution in [-0.4, -0.2) is 35.9 Å². The first kappa shape index (κ1) is 11.2. The molecule has 1 aromatic rings. The summed E-state index contributed by atoms with van der Waals surface area (Å²) in [5, 5.41) is 7.50. The number of nitrogens with zero attached hydrogens (tertiary/aromatic N) is 2. The van der Waals surface area contributed by atoms with Crippen LogP contribution in [-0.2, 0) is 4.74 Å². The van der Waals surface area contributed by atoms with Crippen molar-refractivity contribution in [1.29, 1.82) is 0 Å². The Bertz CT molecular complexity index is 374. The molecule has 2 aliphatic rings. The van der Waals surface area contributed by atoms with Crippen LogP contribution in [0.4, 0.5) is 0 Å². The lowest BCUT2D eigenvalue weighted by molar-refractivity contribution is 0.113. The van der Waals surface area contributed by atoms with Crippen LogP contribution in [0.2, 0.25) is 0 Å². The van der Waals surface area contributed by atoms with Gasteiger partial charge in [-0.05, 0) is 39.3 Å². The molecule has 94 valence electrons. The molecule has 2 atom stereocenters. The van der Waals surface area contributed by atoms with Crippen molar-refractivity contribution in [2.45, 2.75) is 44.1 Å². The Balaban J connectivity index is 1.73. The summed E-state index contributed by atoms with van der Waals surface area (Å²) in [5.41, 5.74) is 0. The van der Waals surface area contributed by atoms with Crippen LogP contribution in [0.1, 0.15) is 49.7 Å². The van der Waals surface area contributed by atoms with Crippen LogP contribution in [0.3, 0.4) is 0 Å². The van der Waals surface area contributed by atoms with Gasteiger partial charge in [-0.3, -0.25) is 0 Å².